The maximum Gasteiger partial charge on any atom is 0.229 e. The van der Waals surface area contributed by atoms with Gasteiger partial charge in [0.25, 0.3) is 0 Å². The van der Waals surface area contributed by atoms with Crippen LogP contribution < -0.4 is 51.6 Å². The van der Waals surface area contributed by atoms with Gasteiger partial charge in [0.05, 0.1) is 28.3 Å². The summed E-state index contributed by atoms with van der Waals surface area (Å²) in [7, 11) is 0. The van der Waals surface area contributed by atoms with E-state index in [0.717, 1.165) is 161 Å². The molecule has 15 aromatic rings. The van der Waals surface area contributed by atoms with Crippen LogP contribution in [0, 0.1) is 52.3 Å². The van der Waals surface area contributed by atoms with E-state index in [-0.39, 0.29) is 94.0 Å². The summed E-state index contributed by atoms with van der Waals surface area (Å²) in [4.78, 5) is 73.1. The predicted molar refractivity (Wildman–Crippen MR) is 523 cm³/mol. The fraction of sp³-hybridized carbons (Fsp3) is 0.299. The van der Waals surface area contributed by atoms with Gasteiger partial charge in [0, 0.05) is 128 Å². The Balaban J connectivity index is 0.000000125. The van der Waals surface area contributed by atoms with Gasteiger partial charge in [0.1, 0.15) is 16.4 Å². The van der Waals surface area contributed by atoms with Crippen molar-refractivity contribution in [2.24, 2.45) is 23.2 Å². The highest BCUT2D eigenvalue weighted by atomic mass is 79.9. The number of rotatable bonds is 12. The molecule has 5 aliphatic heterocycles. The number of benzene rings is 10. The minimum atomic E-state index is -1.14. The van der Waals surface area contributed by atoms with E-state index in [1.165, 1.54) is 81.0 Å². The number of aromatic hydroxyl groups is 8. The van der Waals surface area contributed by atoms with Gasteiger partial charge in [-0.1, -0.05) is 47.5 Å². The van der Waals surface area contributed by atoms with E-state index in [4.69, 9.17) is 23.5 Å². The first-order valence-electron chi connectivity index (χ1n) is 46.1. The molecule has 712 valence electrons. The zero-order chi connectivity index (χ0) is 98.0. The predicted octanol–water partition coefficient (Wildman–Crippen LogP) is 23.5. The van der Waals surface area contributed by atoms with E-state index >= 15 is 0 Å². The minimum Gasteiger partial charge on any atom is -0.505 e. The number of hydrogen-bond donors (Lipinski definition) is 8. The minimum absolute atomic E-state index is 0.0226. The van der Waals surface area contributed by atoms with Gasteiger partial charge in [0.15, 0.2) is 85.1 Å². The van der Waals surface area contributed by atoms with Crippen molar-refractivity contribution in [2.75, 3.05) is 89.9 Å². The number of anilines is 5. The molecule has 10 heterocycles. The van der Waals surface area contributed by atoms with Gasteiger partial charge in [-0.25, -0.2) is 4.39 Å². The topological polar surface area (TPSA) is 329 Å². The first-order valence-corrected chi connectivity index (χ1v) is 46.4. The van der Waals surface area contributed by atoms with Gasteiger partial charge in [-0.15, -0.1) is 0 Å². The second-order valence-electron chi connectivity index (χ2n) is 36.3. The van der Waals surface area contributed by atoms with E-state index < -0.39 is 108 Å². The lowest BCUT2D eigenvalue weighted by molar-refractivity contribution is 0.280. The van der Waals surface area contributed by atoms with Gasteiger partial charge in [0.2, 0.25) is 68.0 Å². The third-order valence-electron chi connectivity index (χ3n) is 26.1. The Labute approximate surface area is 791 Å². The second-order valence-corrected chi connectivity index (χ2v) is 37.1. The monoisotopic (exact) mass is 1940 g/mol. The molecule has 0 amide bonds. The first kappa shape index (κ1) is 94.5. The summed E-state index contributed by atoms with van der Waals surface area (Å²) in [6.07, 6.45) is 12.3. The summed E-state index contributed by atoms with van der Waals surface area (Å²) >= 11 is 3.33. The van der Waals surface area contributed by atoms with Gasteiger partial charge in [-0.05, 0) is 285 Å². The zero-order valence-electron chi connectivity index (χ0n) is 76.7. The lowest BCUT2D eigenvalue weighted by atomic mass is 9.82. The highest BCUT2D eigenvalue weighted by Crippen LogP contribution is 2.44. The summed E-state index contributed by atoms with van der Waals surface area (Å²) < 4.78 is 122. The summed E-state index contributed by atoms with van der Waals surface area (Å²) in [6, 6.07) is 47.6. The molecule has 20 rings (SSSR count). The van der Waals surface area contributed by atoms with Crippen molar-refractivity contribution >= 4 is 99.2 Å². The molecule has 0 unspecified atom stereocenters. The normalized spacial score (nSPS) is 16.9. The fourth-order valence-electron chi connectivity index (χ4n) is 18.2. The van der Waals surface area contributed by atoms with Crippen molar-refractivity contribution in [3.63, 3.8) is 0 Å². The van der Waals surface area contributed by atoms with Gasteiger partial charge >= 0.3 is 0 Å². The van der Waals surface area contributed by atoms with Crippen LogP contribution >= 0.6 is 15.9 Å². The van der Waals surface area contributed by atoms with Gasteiger partial charge in [-0.3, -0.25) is 24.0 Å². The van der Waals surface area contributed by atoms with E-state index in [1.807, 2.05) is 77.7 Å². The Morgan fingerprint density at radius 2 is 0.686 bits per heavy atom. The highest BCUT2D eigenvalue weighted by Gasteiger charge is 2.31. The average molecular weight is 1940 g/mol. The molecule has 0 bridgehead atoms. The molecular weight excluding hydrogens is 1840 g/mol. The molecule has 0 saturated carbocycles. The molecule has 5 aliphatic rings. The van der Waals surface area contributed by atoms with Crippen molar-refractivity contribution in [3.05, 3.63) is 273 Å². The summed E-state index contributed by atoms with van der Waals surface area (Å²) in [5.74, 6) is -7.95. The number of phenolic OH excluding ortho intramolecular Hbond substituents is 8. The Morgan fingerprint density at radius 1 is 0.365 bits per heavy atom. The SMILES string of the molecule is CC1(C)CCN(c2ccc(-c3oc4c(O)c(O)ccc4c(=O)c3Br)cc2)CC1.C[C@H]1CCCN(c2ccc(-c3oc4c(F)c(O)ccc4c(=O)c3F)cc2)C1.C[C@H]1CCCN(c2ccc(-c3oc4c(O)c(O)ccc4c(=O)c3F)cc2)C1.O=c1c(F)c(-c2ccc(N3CCC[C@H](F)C3)cc2)oc2c(F)c(O)ccc12.[2H]c1c(-c2ccc(N3CCC(CCC)CC3)cc2)oc2c(O)c(O)ccc2c1=O. The summed E-state index contributed by atoms with van der Waals surface area (Å²) in [6.45, 7) is 20.3. The number of piperidine rings is 5. The second kappa shape index (κ2) is 40.7. The molecule has 137 heavy (non-hydrogen) atoms. The maximum absolute atomic E-state index is 14.6. The molecule has 0 radical (unpaired) electrons. The third-order valence-corrected chi connectivity index (χ3v) is 26.8. The Morgan fingerprint density at radius 3 is 1.08 bits per heavy atom. The lowest BCUT2D eigenvalue weighted by Crippen LogP contribution is -2.37. The average Bonchev–Trinajstić information content (AvgIpc) is 0.780. The van der Waals surface area contributed by atoms with Crippen LogP contribution in [0.3, 0.4) is 0 Å². The number of nitrogens with zero attached hydrogens (tertiary/aromatic N) is 5. The molecule has 30 heteroatoms. The maximum atomic E-state index is 14.6. The van der Waals surface area contributed by atoms with Crippen LogP contribution in [0.2, 0.25) is 0 Å². The molecule has 0 aliphatic carbocycles. The van der Waals surface area contributed by atoms with Gasteiger partial charge < -0.3 is 87.4 Å². The fourth-order valence-corrected chi connectivity index (χ4v) is 18.7. The largest absolute Gasteiger partial charge is 0.505 e. The first-order chi connectivity index (χ1) is 66.1. The Bertz CT molecular complexity index is 6980. The van der Waals surface area contributed by atoms with Crippen LogP contribution in [0.5, 0.6) is 46.0 Å². The number of fused-ring (bicyclic) bond motifs is 5. The molecule has 10 aromatic carbocycles. The number of hydrogen-bond acceptors (Lipinski definition) is 23. The van der Waals surface area contributed by atoms with Crippen molar-refractivity contribution < 1.29 is 90.7 Å². The number of alkyl halides is 1. The highest BCUT2D eigenvalue weighted by molar-refractivity contribution is 9.10. The van der Waals surface area contributed by atoms with Crippen molar-refractivity contribution in [2.45, 2.75) is 118 Å². The number of halogens is 7. The third kappa shape index (κ3) is 20.5. The molecule has 5 fully saturated rings. The van der Waals surface area contributed by atoms with Crippen LogP contribution in [-0.2, 0) is 0 Å². The Hall–Kier alpha value is -14.3. The lowest BCUT2D eigenvalue weighted by Gasteiger charge is -2.38. The number of phenols is 8. The van der Waals surface area contributed by atoms with Crippen LogP contribution in [0.25, 0.3) is 111 Å². The standard InChI is InChI=1S/C23H25NO4.C22H22BrNO4.C21H19F2NO3.C21H20FNO4.C20H16F3NO3/c1-2-3-15-10-12-24(13-11-15)17-6-4-16(5-7-17)21-14-20(26)18-8-9-19(25)22(27)23(18)28-21;1-22(2)9-11-24(12-10-22)14-5-3-13(4-6-14)20-17(23)18(26)15-7-8-16(25)19(27)21(15)28-20;1-12-3-2-10-24(11-12)14-6-4-13(5-7-14)20-18(23)19(26)15-8-9-16(25)17(22)21(15)27-20;1-12-3-2-10-23(11-12)14-6-4-13(5-7-14)20-17(22)18(25)15-8-9-16(24)19(26)21(15)27-20;21-12-2-1-9-24(10-12)13-5-3-11(4-6-13)19-17(23)18(26)14-7-8-15(25)16(22)20(14)27-19/h4-9,14-15,25,27H,2-3,10-13H2,1H3;3-8,25,27H,9-12H2,1-2H3;4-9,12,25H,2-3,10-11H2,1H3;4-9,12,24,26H,2-3,10-11H2,1H3;3-8,12,25H,1-2,9-10H2/t;;3*12-/m..000/s1/i14D;;;;. The van der Waals surface area contributed by atoms with Crippen LogP contribution in [0.4, 0.5) is 54.8 Å². The molecule has 23 nitrogen and oxygen atoms in total. The Kier molecular flexibility index (Phi) is 28.1. The van der Waals surface area contributed by atoms with Crippen molar-refractivity contribution in [1.29, 1.82) is 0 Å². The molecule has 8 N–H and O–H groups in total. The van der Waals surface area contributed by atoms with E-state index in [9.17, 15) is 91.2 Å². The van der Waals surface area contributed by atoms with Crippen LogP contribution in [0.15, 0.2) is 239 Å². The van der Waals surface area contributed by atoms with Crippen molar-refractivity contribution in [3.8, 4) is 103 Å². The molecule has 3 atom stereocenters. The summed E-state index contributed by atoms with van der Waals surface area (Å²) in [5, 5.41) is 77.8. The molecular formula is C107H102BrF6N5O18. The molecule has 5 aromatic heterocycles. The quantitative estimate of drug-likeness (QED) is 0.0416. The molecule has 0 spiro atoms. The van der Waals surface area contributed by atoms with E-state index in [0.29, 0.717) is 52.7 Å². The van der Waals surface area contributed by atoms with E-state index in [1.54, 1.807) is 36.4 Å². The van der Waals surface area contributed by atoms with Crippen LogP contribution in [-0.4, -0.2) is 112 Å². The summed E-state index contributed by atoms with van der Waals surface area (Å²) in [5.41, 5.74) is 2.73. The van der Waals surface area contributed by atoms with Gasteiger partial charge in [-0.2, -0.15) is 22.0 Å². The smallest absolute Gasteiger partial charge is 0.229 e. The van der Waals surface area contributed by atoms with Crippen molar-refractivity contribution in [1.82, 2.24) is 0 Å². The molecule has 5 saturated heterocycles. The van der Waals surface area contributed by atoms with Crippen LogP contribution in [0.1, 0.15) is 113 Å². The zero-order valence-corrected chi connectivity index (χ0v) is 77.3. The van der Waals surface area contributed by atoms with E-state index in [2.05, 4.69) is 70.1 Å².